The van der Waals surface area contributed by atoms with Crippen molar-refractivity contribution in [2.75, 3.05) is 19.8 Å². The van der Waals surface area contributed by atoms with Gasteiger partial charge in [0, 0.05) is 26.1 Å². The summed E-state index contributed by atoms with van der Waals surface area (Å²) in [4.78, 5) is 34.9. The molecule has 6 nitrogen and oxygen atoms in total. The topological polar surface area (TPSA) is 75.7 Å². The van der Waals surface area contributed by atoms with Crippen LogP contribution in [0, 0.1) is 0 Å². The monoisotopic (exact) mass is 212 g/mol. The zero-order valence-corrected chi connectivity index (χ0v) is 8.19. The number of amides is 3. The number of hydrogen-bond donors (Lipinski definition) is 1. The van der Waals surface area contributed by atoms with Gasteiger partial charge in [0.2, 0.25) is 0 Å². The van der Waals surface area contributed by atoms with Crippen molar-refractivity contribution in [3.8, 4) is 0 Å². The number of carbonyl (C=O) groups is 3. The Morgan fingerprint density at radius 3 is 2.67 bits per heavy atom. The number of rotatable bonds is 2. The largest absolute Gasteiger partial charge is 0.381 e. The highest BCUT2D eigenvalue weighted by atomic mass is 16.5. The molecule has 1 N–H and O–H groups in total. The van der Waals surface area contributed by atoms with Crippen LogP contribution >= 0.6 is 0 Å². The fraction of sp³-hybridized carbons (Fsp3) is 0.667. The molecule has 0 atom stereocenters. The molecule has 2 heterocycles. The minimum absolute atomic E-state index is 0.0441. The molecule has 2 rings (SSSR count). The van der Waals surface area contributed by atoms with E-state index in [4.69, 9.17) is 4.74 Å². The van der Waals surface area contributed by atoms with Gasteiger partial charge in [0.05, 0.1) is 6.54 Å². The van der Waals surface area contributed by atoms with Crippen LogP contribution in [0.1, 0.15) is 12.8 Å². The fourth-order valence-electron chi connectivity index (χ4n) is 2.14. The van der Waals surface area contributed by atoms with E-state index in [0.717, 1.165) is 0 Å². The number of urea groups is 1. The van der Waals surface area contributed by atoms with Crippen LogP contribution in [0.4, 0.5) is 4.79 Å². The van der Waals surface area contributed by atoms with Gasteiger partial charge in [0.1, 0.15) is 11.8 Å². The third kappa shape index (κ3) is 1.41. The van der Waals surface area contributed by atoms with Gasteiger partial charge in [-0.15, -0.1) is 0 Å². The molecule has 2 aliphatic heterocycles. The molecule has 1 spiro atoms. The second-order valence-corrected chi connectivity index (χ2v) is 3.68. The summed E-state index contributed by atoms with van der Waals surface area (Å²) in [6.45, 7) is 0.837. The number of carbonyl (C=O) groups excluding carboxylic acids is 3. The van der Waals surface area contributed by atoms with Gasteiger partial charge in [-0.1, -0.05) is 0 Å². The summed E-state index contributed by atoms with van der Waals surface area (Å²) in [7, 11) is 0. The Kier molecular flexibility index (Phi) is 2.44. The zero-order valence-electron chi connectivity index (χ0n) is 8.19. The molecule has 2 aliphatic rings. The molecule has 0 unspecified atom stereocenters. The molecule has 2 fully saturated rings. The summed E-state index contributed by atoms with van der Waals surface area (Å²) in [6, 6.07) is -0.478. The Hall–Kier alpha value is -1.43. The van der Waals surface area contributed by atoms with Gasteiger partial charge in [-0.25, -0.2) is 4.79 Å². The number of aldehydes is 1. The summed E-state index contributed by atoms with van der Waals surface area (Å²) >= 11 is 0. The van der Waals surface area contributed by atoms with E-state index >= 15 is 0 Å². The van der Waals surface area contributed by atoms with Gasteiger partial charge < -0.3 is 14.4 Å². The first-order valence-electron chi connectivity index (χ1n) is 4.85. The molecule has 82 valence electrons. The fourth-order valence-corrected chi connectivity index (χ4v) is 2.14. The van der Waals surface area contributed by atoms with Crippen molar-refractivity contribution in [1.82, 2.24) is 10.2 Å². The maximum atomic E-state index is 11.7. The summed E-state index contributed by atoms with van der Waals surface area (Å²) in [5.74, 6) is -0.308. The van der Waals surface area contributed by atoms with E-state index < -0.39 is 11.6 Å². The average molecular weight is 212 g/mol. The SMILES string of the molecule is O=CCN1C(=O)NC(=O)C12CCOCC2. The Balaban J connectivity index is 2.28. The molecule has 0 bridgehead atoms. The molecule has 0 aromatic rings. The molecule has 6 heteroatoms. The van der Waals surface area contributed by atoms with Crippen LogP contribution in [-0.2, 0) is 14.3 Å². The standard InChI is InChI=1S/C9H12N2O4/c12-4-3-11-8(14)10-7(13)9(11)1-5-15-6-2-9/h4H,1-3,5-6H2,(H,10,13,14). The van der Waals surface area contributed by atoms with E-state index in [-0.39, 0.29) is 12.5 Å². The lowest BCUT2D eigenvalue weighted by molar-refractivity contribution is -0.132. The van der Waals surface area contributed by atoms with Crippen LogP contribution in [0.3, 0.4) is 0 Å². The van der Waals surface area contributed by atoms with Crippen molar-refractivity contribution in [1.29, 1.82) is 0 Å². The molecule has 2 saturated heterocycles. The molecular weight excluding hydrogens is 200 g/mol. The average Bonchev–Trinajstić information content (AvgIpc) is 2.45. The zero-order chi connectivity index (χ0) is 10.9. The number of imide groups is 1. The molecule has 0 aromatic carbocycles. The molecule has 0 aliphatic carbocycles. The lowest BCUT2D eigenvalue weighted by Crippen LogP contribution is -2.53. The van der Waals surface area contributed by atoms with E-state index in [2.05, 4.69) is 5.32 Å². The van der Waals surface area contributed by atoms with Crippen LogP contribution in [0.25, 0.3) is 0 Å². The quantitative estimate of drug-likeness (QED) is 0.484. The third-order valence-electron chi connectivity index (χ3n) is 2.98. The molecule has 0 saturated carbocycles. The van der Waals surface area contributed by atoms with E-state index in [1.807, 2.05) is 0 Å². The van der Waals surface area contributed by atoms with Gasteiger partial charge in [-0.3, -0.25) is 10.1 Å². The Morgan fingerprint density at radius 1 is 1.40 bits per heavy atom. The smallest absolute Gasteiger partial charge is 0.325 e. The second-order valence-electron chi connectivity index (χ2n) is 3.68. The predicted octanol–water partition coefficient (Wildman–Crippen LogP) is -0.714. The predicted molar refractivity (Wildman–Crippen MR) is 49.1 cm³/mol. The summed E-state index contributed by atoms with van der Waals surface area (Å²) in [5, 5.41) is 2.25. The van der Waals surface area contributed by atoms with Gasteiger partial charge in [-0.05, 0) is 0 Å². The van der Waals surface area contributed by atoms with Crippen LogP contribution in [0.5, 0.6) is 0 Å². The molecule has 0 radical (unpaired) electrons. The highest BCUT2D eigenvalue weighted by Gasteiger charge is 2.53. The lowest BCUT2D eigenvalue weighted by Gasteiger charge is -2.36. The number of ether oxygens (including phenoxy) is 1. The first-order chi connectivity index (χ1) is 7.20. The number of hydrogen-bond acceptors (Lipinski definition) is 4. The molecule has 15 heavy (non-hydrogen) atoms. The first kappa shape index (κ1) is 10.1. The third-order valence-corrected chi connectivity index (χ3v) is 2.98. The van der Waals surface area contributed by atoms with Crippen molar-refractivity contribution < 1.29 is 19.1 Å². The summed E-state index contributed by atoms with van der Waals surface area (Å²) < 4.78 is 5.16. The Morgan fingerprint density at radius 2 is 2.07 bits per heavy atom. The summed E-state index contributed by atoms with van der Waals surface area (Å²) in [5.41, 5.74) is -0.851. The van der Waals surface area contributed by atoms with Gasteiger partial charge in [0.25, 0.3) is 5.91 Å². The Labute approximate surface area is 86.6 Å². The van der Waals surface area contributed by atoms with Crippen molar-refractivity contribution in [3.63, 3.8) is 0 Å². The molecule has 0 aromatic heterocycles. The molecular formula is C9H12N2O4. The summed E-state index contributed by atoms with van der Waals surface area (Å²) in [6.07, 6.45) is 1.55. The lowest BCUT2D eigenvalue weighted by atomic mass is 9.89. The van der Waals surface area contributed by atoms with E-state index in [9.17, 15) is 14.4 Å². The van der Waals surface area contributed by atoms with Gasteiger partial charge >= 0.3 is 6.03 Å². The van der Waals surface area contributed by atoms with E-state index in [1.54, 1.807) is 0 Å². The number of nitrogens with one attached hydrogen (secondary N) is 1. The van der Waals surface area contributed by atoms with Crippen molar-refractivity contribution >= 4 is 18.2 Å². The van der Waals surface area contributed by atoms with Crippen molar-refractivity contribution in [3.05, 3.63) is 0 Å². The van der Waals surface area contributed by atoms with Crippen LogP contribution in [0.15, 0.2) is 0 Å². The normalized spacial score (nSPS) is 24.4. The highest BCUT2D eigenvalue weighted by molar-refractivity contribution is 6.07. The van der Waals surface area contributed by atoms with E-state index in [0.29, 0.717) is 32.3 Å². The van der Waals surface area contributed by atoms with Gasteiger partial charge in [-0.2, -0.15) is 0 Å². The maximum absolute atomic E-state index is 11.7. The van der Waals surface area contributed by atoms with Crippen molar-refractivity contribution in [2.45, 2.75) is 18.4 Å². The van der Waals surface area contributed by atoms with Crippen LogP contribution in [-0.4, -0.2) is 48.4 Å². The van der Waals surface area contributed by atoms with Crippen LogP contribution in [0.2, 0.25) is 0 Å². The minimum Gasteiger partial charge on any atom is -0.381 e. The van der Waals surface area contributed by atoms with Gasteiger partial charge in [0.15, 0.2) is 0 Å². The van der Waals surface area contributed by atoms with Crippen LogP contribution < -0.4 is 5.32 Å². The second kappa shape index (κ2) is 3.62. The Bertz CT molecular complexity index is 309. The first-order valence-corrected chi connectivity index (χ1v) is 4.85. The van der Waals surface area contributed by atoms with E-state index in [1.165, 1.54) is 4.90 Å². The highest BCUT2D eigenvalue weighted by Crippen LogP contribution is 2.31. The minimum atomic E-state index is -0.851. The number of nitrogens with zero attached hydrogens (tertiary/aromatic N) is 1. The maximum Gasteiger partial charge on any atom is 0.325 e. The van der Waals surface area contributed by atoms with Crippen molar-refractivity contribution in [2.24, 2.45) is 0 Å². The molecule has 3 amide bonds.